The number of anilines is 2. The largest absolute Gasteiger partial charge is 0.346 e. The number of thiophene rings is 2. The highest BCUT2D eigenvalue weighted by Crippen LogP contribution is 2.43. The third-order valence-electron chi connectivity index (χ3n) is 7.18. The van der Waals surface area contributed by atoms with Gasteiger partial charge in [0.05, 0.1) is 12.7 Å². The number of hydrogen-bond acceptors (Lipinski definition) is 6. The van der Waals surface area contributed by atoms with Crippen molar-refractivity contribution in [1.29, 1.82) is 0 Å². The van der Waals surface area contributed by atoms with E-state index in [0.29, 0.717) is 0 Å². The second kappa shape index (κ2) is 8.47. The summed E-state index contributed by atoms with van der Waals surface area (Å²) in [5.74, 6) is 0. The van der Waals surface area contributed by atoms with Gasteiger partial charge in [0.15, 0.2) is 0 Å². The Morgan fingerprint density at radius 1 is 0.629 bits per heavy atom. The van der Waals surface area contributed by atoms with Crippen molar-refractivity contribution >= 4 is 46.7 Å². The van der Waals surface area contributed by atoms with Crippen molar-refractivity contribution < 1.29 is 0 Å². The predicted octanol–water partition coefficient (Wildman–Crippen LogP) is 8.11. The Balaban J connectivity index is 1.36. The molecule has 6 rings (SSSR count). The summed E-state index contributed by atoms with van der Waals surface area (Å²) in [4.78, 5) is 15.0. The molecule has 4 aromatic rings. The molecule has 2 aromatic heterocycles. The standard InChI is InChI=1S/C29H28N4S2/c1-15-10-24(18(4)34-15)28-22-8-6-20(11-25(22)30-13-32-28)21-7-9-23-26(12-21)31-14-33-29(23)27-16(2)17(3)35-19(27)5/h6-14,28-29H,1-5H3,(H,30,32)(H,31,33). The normalized spacial score (nSPS) is 18.1. The van der Waals surface area contributed by atoms with Gasteiger partial charge in [0.2, 0.25) is 0 Å². The molecule has 176 valence electrons. The average Bonchev–Trinajstić information content (AvgIpc) is 3.32. The highest BCUT2D eigenvalue weighted by atomic mass is 32.1. The van der Waals surface area contributed by atoms with E-state index in [1.165, 1.54) is 58.5 Å². The van der Waals surface area contributed by atoms with E-state index in [9.17, 15) is 0 Å². The lowest BCUT2D eigenvalue weighted by atomic mass is 9.90. The van der Waals surface area contributed by atoms with E-state index < -0.39 is 0 Å². The van der Waals surface area contributed by atoms with Crippen LogP contribution < -0.4 is 10.6 Å². The SMILES string of the molecule is Cc1cc(C2N=CNc3cc(-c4ccc5c(c4)NC=NC5c4c(C)sc(C)c4C)ccc32)c(C)s1. The van der Waals surface area contributed by atoms with Crippen LogP contribution in [0, 0.1) is 34.6 Å². The molecule has 2 N–H and O–H groups in total. The first kappa shape index (κ1) is 22.3. The van der Waals surface area contributed by atoms with E-state index in [2.05, 4.69) is 87.7 Å². The molecular formula is C29H28N4S2. The number of nitrogens with one attached hydrogen (secondary N) is 2. The molecule has 4 nitrogen and oxygen atoms in total. The number of nitrogens with zero attached hydrogens (tertiary/aromatic N) is 2. The van der Waals surface area contributed by atoms with Crippen LogP contribution in [0.4, 0.5) is 11.4 Å². The minimum absolute atomic E-state index is 0.0460. The third-order valence-corrected chi connectivity index (χ3v) is 9.30. The van der Waals surface area contributed by atoms with Gasteiger partial charge >= 0.3 is 0 Å². The summed E-state index contributed by atoms with van der Waals surface area (Å²) in [5, 5.41) is 6.77. The van der Waals surface area contributed by atoms with E-state index >= 15 is 0 Å². The van der Waals surface area contributed by atoms with Crippen LogP contribution in [-0.2, 0) is 0 Å². The molecule has 2 atom stereocenters. The van der Waals surface area contributed by atoms with Crippen molar-refractivity contribution in [3.63, 3.8) is 0 Å². The number of hydrogen-bond donors (Lipinski definition) is 2. The van der Waals surface area contributed by atoms with Crippen molar-refractivity contribution in [3.05, 3.63) is 89.8 Å². The van der Waals surface area contributed by atoms with Gasteiger partial charge in [-0.1, -0.05) is 24.3 Å². The smallest absolute Gasteiger partial charge is 0.105 e. The first-order chi connectivity index (χ1) is 16.9. The highest BCUT2D eigenvalue weighted by Gasteiger charge is 2.26. The lowest BCUT2D eigenvalue weighted by Gasteiger charge is -2.24. The van der Waals surface area contributed by atoms with Crippen molar-refractivity contribution in [3.8, 4) is 11.1 Å². The quantitative estimate of drug-likeness (QED) is 0.301. The van der Waals surface area contributed by atoms with Gasteiger partial charge in [0, 0.05) is 42.0 Å². The maximum absolute atomic E-state index is 4.83. The Hall–Kier alpha value is -3.22. The van der Waals surface area contributed by atoms with Crippen LogP contribution in [0.2, 0.25) is 0 Å². The molecule has 4 heterocycles. The fourth-order valence-electron chi connectivity index (χ4n) is 5.33. The van der Waals surface area contributed by atoms with E-state index in [-0.39, 0.29) is 12.1 Å². The molecule has 6 heteroatoms. The molecule has 0 saturated heterocycles. The highest BCUT2D eigenvalue weighted by molar-refractivity contribution is 7.12. The first-order valence-corrected chi connectivity index (χ1v) is 13.5. The minimum Gasteiger partial charge on any atom is -0.346 e. The van der Waals surface area contributed by atoms with Crippen LogP contribution >= 0.6 is 22.7 Å². The van der Waals surface area contributed by atoms with Gasteiger partial charge in [0.1, 0.15) is 12.1 Å². The zero-order chi connectivity index (χ0) is 24.3. The number of aliphatic imine (C=N–C) groups is 2. The van der Waals surface area contributed by atoms with E-state index in [1.54, 1.807) is 0 Å². The molecule has 2 aliphatic heterocycles. The maximum Gasteiger partial charge on any atom is 0.105 e. The van der Waals surface area contributed by atoms with Crippen LogP contribution in [0.5, 0.6) is 0 Å². The molecule has 35 heavy (non-hydrogen) atoms. The van der Waals surface area contributed by atoms with Gasteiger partial charge in [-0.25, -0.2) is 0 Å². The summed E-state index contributed by atoms with van der Waals surface area (Å²) < 4.78 is 0. The summed E-state index contributed by atoms with van der Waals surface area (Å²) >= 11 is 3.71. The number of rotatable bonds is 3. The lowest BCUT2D eigenvalue weighted by Crippen LogP contribution is -2.13. The van der Waals surface area contributed by atoms with Crippen molar-refractivity contribution in [2.24, 2.45) is 9.98 Å². The Kier molecular flexibility index (Phi) is 5.38. The van der Waals surface area contributed by atoms with Gasteiger partial charge in [-0.3, -0.25) is 9.98 Å². The van der Waals surface area contributed by atoms with Crippen molar-refractivity contribution in [1.82, 2.24) is 0 Å². The van der Waals surface area contributed by atoms with E-state index in [1.807, 2.05) is 35.4 Å². The van der Waals surface area contributed by atoms with Gasteiger partial charge in [0.25, 0.3) is 0 Å². The van der Waals surface area contributed by atoms with Gasteiger partial charge < -0.3 is 10.6 Å². The van der Waals surface area contributed by atoms with Crippen LogP contribution in [0.15, 0.2) is 52.4 Å². The fraction of sp³-hybridized carbons (Fsp3) is 0.241. The van der Waals surface area contributed by atoms with Crippen LogP contribution in [0.3, 0.4) is 0 Å². The lowest BCUT2D eigenvalue weighted by molar-refractivity contribution is 0.858. The Morgan fingerprint density at radius 2 is 1.23 bits per heavy atom. The summed E-state index contributed by atoms with van der Waals surface area (Å²) in [6.45, 7) is 11.0. The monoisotopic (exact) mass is 496 g/mol. The summed E-state index contributed by atoms with van der Waals surface area (Å²) in [6.07, 6.45) is 3.69. The van der Waals surface area contributed by atoms with E-state index in [4.69, 9.17) is 9.98 Å². The third kappa shape index (κ3) is 3.72. The zero-order valence-corrected chi connectivity index (χ0v) is 22.2. The topological polar surface area (TPSA) is 48.8 Å². The second-order valence-electron chi connectivity index (χ2n) is 9.38. The molecule has 0 saturated carbocycles. The molecule has 0 amide bonds. The van der Waals surface area contributed by atoms with Crippen LogP contribution in [0.1, 0.15) is 59.4 Å². The Labute approximate surface area is 214 Å². The van der Waals surface area contributed by atoms with Crippen molar-refractivity contribution in [2.45, 2.75) is 46.7 Å². The molecule has 0 radical (unpaired) electrons. The summed E-state index contributed by atoms with van der Waals surface area (Å²) in [5.41, 5.74) is 11.1. The first-order valence-electron chi connectivity index (χ1n) is 11.9. The van der Waals surface area contributed by atoms with Crippen LogP contribution in [0.25, 0.3) is 11.1 Å². The minimum atomic E-state index is 0.0460. The van der Waals surface area contributed by atoms with E-state index in [0.717, 1.165) is 11.4 Å². The van der Waals surface area contributed by atoms with Crippen molar-refractivity contribution in [2.75, 3.05) is 10.6 Å². The fourth-order valence-corrected chi connectivity index (χ4v) is 7.39. The summed E-state index contributed by atoms with van der Waals surface area (Å²) in [6, 6.07) is 15.8. The van der Waals surface area contributed by atoms with Gasteiger partial charge in [-0.2, -0.15) is 0 Å². The molecule has 0 aliphatic carbocycles. The average molecular weight is 497 g/mol. The number of fused-ring (bicyclic) bond motifs is 2. The zero-order valence-electron chi connectivity index (χ0n) is 20.6. The molecule has 0 bridgehead atoms. The van der Waals surface area contributed by atoms with Crippen LogP contribution in [-0.4, -0.2) is 12.7 Å². The number of aryl methyl sites for hydroxylation is 4. The molecular weight excluding hydrogens is 468 g/mol. The Morgan fingerprint density at radius 3 is 1.77 bits per heavy atom. The Bertz CT molecular complexity index is 1520. The predicted molar refractivity (Wildman–Crippen MR) is 152 cm³/mol. The van der Waals surface area contributed by atoms with Gasteiger partial charge in [-0.15, -0.1) is 22.7 Å². The molecule has 0 fully saturated rings. The second-order valence-corrected chi connectivity index (χ2v) is 12.3. The molecule has 2 aromatic carbocycles. The molecule has 2 unspecified atom stereocenters. The summed E-state index contributed by atoms with van der Waals surface area (Å²) in [7, 11) is 0. The maximum atomic E-state index is 4.83. The molecule has 0 spiro atoms. The number of benzene rings is 2. The van der Waals surface area contributed by atoms with Gasteiger partial charge in [-0.05, 0) is 80.6 Å². The molecule has 2 aliphatic rings.